The molecule has 2 aliphatic rings. The van der Waals surface area contributed by atoms with E-state index in [0.717, 1.165) is 37.9 Å². The number of likely N-dealkylation sites (tertiary alicyclic amines) is 2. The Labute approximate surface area is 172 Å². The first-order chi connectivity index (χ1) is 14.0. The van der Waals surface area contributed by atoms with E-state index >= 15 is 0 Å². The predicted octanol–water partition coefficient (Wildman–Crippen LogP) is 2.57. The van der Waals surface area contributed by atoms with E-state index in [9.17, 15) is 9.59 Å². The lowest BCUT2D eigenvalue weighted by Crippen LogP contribution is -2.66. The highest BCUT2D eigenvalue weighted by Crippen LogP contribution is 2.43. The molecule has 2 aromatic rings. The molecule has 0 saturated carbocycles. The van der Waals surface area contributed by atoms with Crippen LogP contribution < -0.4 is 5.32 Å². The first-order valence-corrected chi connectivity index (χ1v) is 10.5. The van der Waals surface area contributed by atoms with E-state index in [2.05, 4.69) is 41.3 Å². The highest BCUT2D eigenvalue weighted by molar-refractivity contribution is 5.94. The van der Waals surface area contributed by atoms with E-state index in [0.29, 0.717) is 18.8 Å². The maximum absolute atomic E-state index is 13.5. The van der Waals surface area contributed by atoms with Crippen LogP contribution in [-0.4, -0.2) is 59.3 Å². The van der Waals surface area contributed by atoms with Crippen molar-refractivity contribution in [1.29, 1.82) is 0 Å². The SMILES string of the molecule is Cc1ccccc1CNC(=O)[C@@]12CCCN(C(=O)c3ccc[nH]3)[C@@H]1CN(C)CC2. The second-order valence-electron chi connectivity index (χ2n) is 8.48. The van der Waals surface area contributed by atoms with Gasteiger partial charge in [-0.1, -0.05) is 24.3 Å². The molecular formula is C23H30N4O2. The second-order valence-corrected chi connectivity index (χ2v) is 8.48. The molecule has 0 bridgehead atoms. The van der Waals surface area contributed by atoms with Crippen molar-refractivity contribution in [3.05, 3.63) is 59.4 Å². The summed E-state index contributed by atoms with van der Waals surface area (Å²) in [5.74, 6) is 0.0777. The topological polar surface area (TPSA) is 68.4 Å². The molecule has 2 N–H and O–H groups in total. The number of amides is 2. The lowest BCUT2D eigenvalue weighted by molar-refractivity contribution is -0.142. The molecular weight excluding hydrogens is 364 g/mol. The minimum atomic E-state index is -0.518. The Kier molecular flexibility index (Phi) is 5.46. The number of hydrogen-bond donors (Lipinski definition) is 2. The molecule has 1 aromatic heterocycles. The zero-order valence-electron chi connectivity index (χ0n) is 17.3. The molecule has 0 radical (unpaired) electrons. The minimum Gasteiger partial charge on any atom is -0.357 e. The van der Waals surface area contributed by atoms with Gasteiger partial charge in [-0.05, 0) is 63.0 Å². The Morgan fingerprint density at radius 3 is 2.76 bits per heavy atom. The van der Waals surface area contributed by atoms with Crippen molar-refractivity contribution in [2.24, 2.45) is 5.41 Å². The Morgan fingerprint density at radius 1 is 1.17 bits per heavy atom. The van der Waals surface area contributed by atoms with Gasteiger partial charge in [0, 0.05) is 25.8 Å². The Balaban J connectivity index is 1.57. The number of fused-ring (bicyclic) bond motifs is 1. The predicted molar refractivity (Wildman–Crippen MR) is 112 cm³/mol. The average molecular weight is 395 g/mol. The highest BCUT2D eigenvalue weighted by atomic mass is 16.2. The maximum atomic E-state index is 13.5. The van der Waals surface area contributed by atoms with E-state index in [1.807, 2.05) is 29.2 Å². The summed E-state index contributed by atoms with van der Waals surface area (Å²) in [6.45, 7) is 4.89. The van der Waals surface area contributed by atoms with Gasteiger partial charge in [0.25, 0.3) is 5.91 Å². The minimum absolute atomic E-state index is 0.00826. The van der Waals surface area contributed by atoms with Gasteiger partial charge in [0.2, 0.25) is 5.91 Å². The van der Waals surface area contributed by atoms with E-state index in [1.165, 1.54) is 5.56 Å². The van der Waals surface area contributed by atoms with Gasteiger partial charge in [0.1, 0.15) is 5.69 Å². The number of carbonyl (C=O) groups excluding carboxylic acids is 2. The van der Waals surface area contributed by atoms with E-state index < -0.39 is 5.41 Å². The molecule has 6 heteroatoms. The summed E-state index contributed by atoms with van der Waals surface area (Å²) in [6.07, 6.45) is 4.23. The van der Waals surface area contributed by atoms with Crippen molar-refractivity contribution in [2.75, 3.05) is 26.7 Å². The van der Waals surface area contributed by atoms with Crippen molar-refractivity contribution in [3.63, 3.8) is 0 Å². The number of aromatic amines is 1. The van der Waals surface area contributed by atoms with Crippen LogP contribution in [0, 0.1) is 12.3 Å². The second kappa shape index (κ2) is 8.03. The summed E-state index contributed by atoms with van der Waals surface area (Å²) in [6, 6.07) is 11.7. The number of piperidine rings is 2. The van der Waals surface area contributed by atoms with Crippen LogP contribution in [0.4, 0.5) is 0 Å². The number of nitrogens with zero attached hydrogens (tertiary/aromatic N) is 2. The zero-order valence-corrected chi connectivity index (χ0v) is 17.3. The van der Waals surface area contributed by atoms with Crippen LogP contribution in [0.2, 0.25) is 0 Å². The molecule has 29 heavy (non-hydrogen) atoms. The Hall–Kier alpha value is -2.60. The molecule has 6 nitrogen and oxygen atoms in total. The fourth-order valence-electron chi connectivity index (χ4n) is 4.93. The summed E-state index contributed by atoms with van der Waals surface area (Å²) in [5.41, 5.74) is 2.39. The van der Waals surface area contributed by atoms with Gasteiger partial charge in [-0.2, -0.15) is 0 Å². The average Bonchev–Trinajstić information content (AvgIpc) is 3.27. The van der Waals surface area contributed by atoms with E-state index in [1.54, 1.807) is 6.20 Å². The number of nitrogens with one attached hydrogen (secondary N) is 2. The largest absolute Gasteiger partial charge is 0.357 e. The van der Waals surface area contributed by atoms with Crippen LogP contribution in [-0.2, 0) is 11.3 Å². The fourth-order valence-corrected chi connectivity index (χ4v) is 4.93. The summed E-state index contributed by atoms with van der Waals surface area (Å²) in [7, 11) is 2.07. The summed E-state index contributed by atoms with van der Waals surface area (Å²) in [5, 5.41) is 3.21. The summed E-state index contributed by atoms with van der Waals surface area (Å²) < 4.78 is 0. The quantitative estimate of drug-likeness (QED) is 0.838. The lowest BCUT2D eigenvalue weighted by Gasteiger charge is -2.53. The Morgan fingerprint density at radius 2 is 2.00 bits per heavy atom. The molecule has 2 aliphatic heterocycles. The third-order valence-corrected chi connectivity index (χ3v) is 6.70. The number of aromatic nitrogens is 1. The number of aryl methyl sites for hydroxylation is 1. The van der Waals surface area contributed by atoms with Gasteiger partial charge in [0.05, 0.1) is 11.5 Å². The molecule has 2 saturated heterocycles. The number of likely N-dealkylation sites (N-methyl/N-ethyl adjacent to an activating group) is 1. The van der Waals surface area contributed by atoms with Crippen molar-refractivity contribution in [3.8, 4) is 0 Å². The van der Waals surface area contributed by atoms with Crippen LogP contribution in [0.3, 0.4) is 0 Å². The van der Waals surface area contributed by atoms with Crippen molar-refractivity contribution in [2.45, 2.75) is 38.8 Å². The molecule has 0 aliphatic carbocycles. The zero-order chi connectivity index (χ0) is 20.4. The van der Waals surface area contributed by atoms with Gasteiger partial charge >= 0.3 is 0 Å². The number of benzene rings is 1. The van der Waals surface area contributed by atoms with Gasteiger partial charge in [-0.3, -0.25) is 9.59 Å². The van der Waals surface area contributed by atoms with Gasteiger partial charge in [-0.15, -0.1) is 0 Å². The molecule has 2 fully saturated rings. The molecule has 2 amide bonds. The molecule has 4 rings (SSSR count). The molecule has 1 aromatic carbocycles. The third-order valence-electron chi connectivity index (χ3n) is 6.70. The number of carbonyl (C=O) groups is 2. The van der Waals surface area contributed by atoms with E-state index in [4.69, 9.17) is 0 Å². The third kappa shape index (κ3) is 3.69. The van der Waals surface area contributed by atoms with Crippen molar-refractivity contribution in [1.82, 2.24) is 20.1 Å². The first kappa shape index (κ1) is 19.7. The van der Waals surface area contributed by atoms with E-state index in [-0.39, 0.29) is 17.9 Å². The van der Waals surface area contributed by atoms with Crippen molar-refractivity contribution >= 4 is 11.8 Å². The highest BCUT2D eigenvalue weighted by Gasteiger charge is 2.53. The van der Waals surface area contributed by atoms with Crippen LogP contribution in [0.1, 0.15) is 40.9 Å². The van der Waals surface area contributed by atoms with Crippen LogP contribution in [0.25, 0.3) is 0 Å². The standard InChI is InChI=1S/C23H30N4O2/c1-17-7-3-4-8-18(17)15-25-22(29)23-10-6-13-27(20(23)16-26(2)14-11-23)21(28)19-9-5-12-24-19/h3-5,7-9,12,20,24H,6,10-11,13-16H2,1-2H3,(H,25,29)/t20-,23-/m1/s1. The first-order valence-electron chi connectivity index (χ1n) is 10.5. The van der Waals surface area contributed by atoms with Crippen LogP contribution in [0.5, 0.6) is 0 Å². The number of rotatable bonds is 4. The molecule has 0 spiro atoms. The molecule has 2 atom stereocenters. The number of H-pyrrole nitrogens is 1. The Bertz CT molecular complexity index is 879. The smallest absolute Gasteiger partial charge is 0.270 e. The monoisotopic (exact) mass is 394 g/mol. The maximum Gasteiger partial charge on any atom is 0.270 e. The number of hydrogen-bond acceptors (Lipinski definition) is 3. The lowest BCUT2D eigenvalue weighted by atomic mass is 9.67. The van der Waals surface area contributed by atoms with Gasteiger partial charge in [-0.25, -0.2) is 0 Å². The summed E-state index contributed by atoms with van der Waals surface area (Å²) >= 11 is 0. The van der Waals surface area contributed by atoms with Crippen molar-refractivity contribution < 1.29 is 9.59 Å². The van der Waals surface area contributed by atoms with Gasteiger partial charge in [0.15, 0.2) is 0 Å². The molecule has 3 heterocycles. The summed E-state index contributed by atoms with van der Waals surface area (Å²) in [4.78, 5) is 33.9. The normalized spacial score (nSPS) is 24.8. The van der Waals surface area contributed by atoms with Gasteiger partial charge < -0.3 is 20.1 Å². The van der Waals surface area contributed by atoms with Crippen LogP contribution >= 0.6 is 0 Å². The van der Waals surface area contributed by atoms with Crippen LogP contribution in [0.15, 0.2) is 42.6 Å². The molecule has 154 valence electrons. The molecule has 0 unspecified atom stereocenters. The fraction of sp³-hybridized carbons (Fsp3) is 0.478.